The van der Waals surface area contributed by atoms with Crippen molar-refractivity contribution >= 4 is 11.4 Å². The average Bonchev–Trinajstić information content (AvgIpc) is 2.54. The molecule has 60 valence electrons. The third-order valence-corrected chi connectivity index (χ3v) is 1.87. The van der Waals surface area contributed by atoms with Gasteiger partial charge in [-0.1, -0.05) is 30.3 Å². The van der Waals surface area contributed by atoms with Crippen LogP contribution in [0.1, 0.15) is 18.9 Å². The Morgan fingerprint density at radius 1 is 1.08 bits per heavy atom. The molecule has 0 amide bonds. The molecule has 0 radical (unpaired) electrons. The summed E-state index contributed by atoms with van der Waals surface area (Å²) in [5, 5.41) is 8.09. The van der Waals surface area contributed by atoms with Gasteiger partial charge in [-0.05, 0) is 12.5 Å². The maximum atomic E-state index is 4.09. The van der Waals surface area contributed by atoms with Gasteiger partial charge in [0.25, 0.3) is 0 Å². The quantitative estimate of drug-likeness (QED) is 0.599. The van der Waals surface area contributed by atoms with Gasteiger partial charge in [0.2, 0.25) is 0 Å². The minimum Gasteiger partial charge on any atom is -0.160 e. The van der Waals surface area contributed by atoms with Crippen LogP contribution in [-0.4, -0.2) is 11.4 Å². The Morgan fingerprint density at radius 2 is 1.83 bits per heavy atom. The van der Waals surface area contributed by atoms with Crippen molar-refractivity contribution in [3.63, 3.8) is 0 Å². The van der Waals surface area contributed by atoms with E-state index in [1.165, 1.54) is 5.56 Å². The van der Waals surface area contributed by atoms with Crippen LogP contribution in [0.5, 0.6) is 0 Å². The van der Waals surface area contributed by atoms with Gasteiger partial charge in [-0.2, -0.15) is 10.2 Å². The maximum absolute atomic E-state index is 4.09. The zero-order chi connectivity index (χ0) is 8.39. The Kier molecular flexibility index (Phi) is 1.74. The lowest BCUT2D eigenvalue weighted by molar-refractivity contribution is 1.26. The van der Waals surface area contributed by atoms with E-state index in [1.54, 1.807) is 0 Å². The van der Waals surface area contributed by atoms with E-state index in [9.17, 15) is 0 Å². The molecule has 0 saturated heterocycles. The monoisotopic (exact) mass is 158 g/mol. The summed E-state index contributed by atoms with van der Waals surface area (Å²) in [5.74, 6) is 0. The van der Waals surface area contributed by atoms with Crippen LogP contribution in [0, 0.1) is 0 Å². The number of benzene rings is 1. The summed E-state index contributed by atoms with van der Waals surface area (Å²) < 4.78 is 0. The second-order valence-corrected chi connectivity index (χ2v) is 2.92. The van der Waals surface area contributed by atoms with Crippen molar-refractivity contribution in [2.24, 2.45) is 10.2 Å². The zero-order valence-electron chi connectivity index (χ0n) is 6.99. The lowest BCUT2D eigenvalue weighted by Crippen LogP contribution is -2.00. The Hall–Kier alpha value is -1.44. The first kappa shape index (κ1) is 7.22. The molecule has 12 heavy (non-hydrogen) atoms. The SMILES string of the molecule is CC1=NN=C(c2ccccc2)C1. The molecule has 0 unspecified atom stereocenters. The molecule has 2 heteroatoms. The van der Waals surface area contributed by atoms with Crippen molar-refractivity contribution in [2.75, 3.05) is 0 Å². The van der Waals surface area contributed by atoms with Gasteiger partial charge in [0.05, 0.1) is 5.71 Å². The Balaban J connectivity index is 2.25. The van der Waals surface area contributed by atoms with E-state index >= 15 is 0 Å². The highest BCUT2D eigenvalue weighted by Crippen LogP contribution is 2.10. The van der Waals surface area contributed by atoms with Crippen molar-refractivity contribution in [1.29, 1.82) is 0 Å². The van der Waals surface area contributed by atoms with Crippen LogP contribution in [0.4, 0.5) is 0 Å². The number of rotatable bonds is 1. The van der Waals surface area contributed by atoms with Crippen LogP contribution in [0.15, 0.2) is 40.5 Å². The minimum atomic E-state index is 0.893. The molecule has 0 bridgehead atoms. The smallest absolute Gasteiger partial charge is 0.0759 e. The molecule has 0 aromatic heterocycles. The summed E-state index contributed by atoms with van der Waals surface area (Å²) in [6.07, 6.45) is 0.893. The molecule has 1 aliphatic heterocycles. The molecule has 1 aliphatic rings. The third kappa shape index (κ3) is 1.28. The molecular formula is C10H10N2. The summed E-state index contributed by atoms with van der Waals surface area (Å²) in [6, 6.07) is 10.2. The number of nitrogens with zero attached hydrogens (tertiary/aromatic N) is 2. The molecule has 0 spiro atoms. The van der Waals surface area contributed by atoms with E-state index in [0.29, 0.717) is 0 Å². The highest BCUT2D eigenvalue weighted by Gasteiger charge is 2.09. The number of hydrogen-bond donors (Lipinski definition) is 0. The predicted molar refractivity (Wildman–Crippen MR) is 50.7 cm³/mol. The molecule has 0 aliphatic carbocycles. The molecule has 0 N–H and O–H groups in total. The van der Waals surface area contributed by atoms with Crippen molar-refractivity contribution in [2.45, 2.75) is 13.3 Å². The van der Waals surface area contributed by atoms with Gasteiger partial charge < -0.3 is 0 Å². The van der Waals surface area contributed by atoms with Crippen LogP contribution in [0.25, 0.3) is 0 Å². The average molecular weight is 158 g/mol. The first-order valence-electron chi connectivity index (χ1n) is 4.02. The molecule has 2 nitrogen and oxygen atoms in total. The van der Waals surface area contributed by atoms with Gasteiger partial charge in [-0.15, -0.1) is 0 Å². The van der Waals surface area contributed by atoms with Crippen LogP contribution in [0.3, 0.4) is 0 Å². The molecule has 0 fully saturated rings. The van der Waals surface area contributed by atoms with E-state index in [4.69, 9.17) is 0 Å². The maximum Gasteiger partial charge on any atom is 0.0759 e. The molecule has 0 atom stereocenters. The topological polar surface area (TPSA) is 24.7 Å². The van der Waals surface area contributed by atoms with Crippen molar-refractivity contribution in [3.8, 4) is 0 Å². The van der Waals surface area contributed by atoms with Crippen LogP contribution >= 0.6 is 0 Å². The largest absolute Gasteiger partial charge is 0.160 e. The molecular weight excluding hydrogens is 148 g/mol. The van der Waals surface area contributed by atoms with E-state index in [1.807, 2.05) is 25.1 Å². The van der Waals surface area contributed by atoms with E-state index in [-0.39, 0.29) is 0 Å². The van der Waals surface area contributed by atoms with E-state index in [2.05, 4.69) is 22.3 Å². The fraction of sp³-hybridized carbons (Fsp3) is 0.200. The highest BCUT2D eigenvalue weighted by molar-refractivity contribution is 6.14. The molecule has 2 rings (SSSR count). The van der Waals surface area contributed by atoms with Crippen LogP contribution < -0.4 is 0 Å². The second-order valence-electron chi connectivity index (χ2n) is 2.92. The molecule has 1 aromatic rings. The molecule has 1 heterocycles. The van der Waals surface area contributed by atoms with Crippen molar-refractivity contribution in [1.82, 2.24) is 0 Å². The van der Waals surface area contributed by atoms with Crippen molar-refractivity contribution in [3.05, 3.63) is 35.9 Å². The molecule has 0 saturated carbocycles. The lowest BCUT2D eigenvalue weighted by Gasteiger charge is -1.97. The van der Waals surface area contributed by atoms with Gasteiger partial charge in [-0.25, -0.2) is 0 Å². The second kappa shape index (κ2) is 2.89. The van der Waals surface area contributed by atoms with Gasteiger partial charge in [0.1, 0.15) is 0 Å². The number of hydrogen-bond acceptors (Lipinski definition) is 2. The van der Waals surface area contributed by atoms with Crippen LogP contribution in [-0.2, 0) is 0 Å². The summed E-state index contributed by atoms with van der Waals surface area (Å²) in [5.41, 5.74) is 3.35. The first-order valence-corrected chi connectivity index (χ1v) is 4.02. The normalized spacial score (nSPS) is 15.8. The van der Waals surface area contributed by atoms with Gasteiger partial charge in [0.15, 0.2) is 0 Å². The van der Waals surface area contributed by atoms with E-state index in [0.717, 1.165) is 17.8 Å². The van der Waals surface area contributed by atoms with Gasteiger partial charge in [-0.3, -0.25) is 0 Å². The summed E-state index contributed by atoms with van der Waals surface area (Å²) in [4.78, 5) is 0. The third-order valence-electron chi connectivity index (χ3n) is 1.87. The standard InChI is InChI=1S/C10H10N2/c1-8-7-10(12-11-8)9-5-3-2-4-6-9/h2-6H,7H2,1H3. The van der Waals surface area contributed by atoms with E-state index < -0.39 is 0 Å². The van der Waals surface area contributed by atoms with Gasteiger partial charge in [0, 0.05) is 12.1 Å². The van der Waals surface area contributed by atoms with Crippen molar-refractivity contribution < 1.29 is 0 Å². The Labute approximate surface area is 71.6 Å². The Bertz CT molecular complexity index is 336. The van der Waals surface area contributed by atoms with Gasteiger partial charge >= 0.3 is 0 Å². The summed E-state index contributed by atoms with van der Waals surface area (Å²) in [7, 11) is 0. The first-order chi connectivity index (χ1) is 5.86. The lowest BCUT2D eigenvalue weighted by atomic mass is 10.1. The predicted octanol–water partition coefficient (Wildman–Crippen LogP) is 2.26. The van der Waals surface area contributed by atoms with Crippen LogP contribution in [0.2, 0.25) is 0 Å². The fourth-order valence-electron chi connectivity index (χ4n) is 1.25. The minimum absolute atomic E-state index is 0.893. The summed E-state index contributed by atoms with van der Waals surface area (Å²) in [6.45, 7) is 2.00. The fourth-order valence-corrected chi connectivity index (χ4v) is 1.25. The molecule has 1 aromatic carbocycles. The zero-order valence-corrected chi connectivity index (χ0v) is 6.99. The Morgan fingerprint density at radius 3 is 2.42 bits per heavy atom. The highest BCUT2D eigenvalue weighted by atomic mass is 15.2. The summed E-state index contributed by atoms with van der Waals surface area (Å²) >= 11 is 0.